The standard InChI is InChI=1S/C26H23NO3S/c1-3-18-10-14-20(15-11-18)27-25(28)23(19-12-16-21(17-13-19)30-4-2)24(26(27)29)31-22-8-6-5-7-9-22/h5-17H,3-4H2,1-2H3. The van der Waals surface area contributed by atoms with E-state index in [9.17, 15) is 9.59 Å². The van der Waals surface area contributed by atoms with Gasteiger partial charge in [-0.1, -0.05) is 61.2 Å². The van der Waals surface area contributed by atoms with Crippen LogP contribution in [0.4, 0.5) is 5.69 Å². The number of hydrogen-bond donors (Lipinski definition) is 0. The zero-order valence-corrected chi connectivity index (χ0v) is 18.3. The van der Waals surface area contributed by atoms with Gasteiger partial charge in [0.2, 0.25) is 0 Å². The lowest BCUT2D eigenvalue weighted by atomic mass is 10.1. The molecule has 0 atom stereocenters. The smallest absolute Gasteiger partial charge is 0.272 e. The van der Waals surface area contributed by atoms with Crippen molar-refractivity contribution in [2.45, 2.75) is 25.2 Å². The zero-order chi connectivity index (χ0) is 21.8. The third-order valence-corrected chi connectivity index (χ3v) is 6.15. The van der Waals surface area contributed by atoms with Crippen LogP contribution in [0.2, 0.25) is 0 Å². The van der Waals surface area contributed by atoms with E-state index in [2.05, 4.69) is 6.92 Å². The fourth-order valence-corrected chi connectivity index (χ4v) is 4.48. The van der Waals surface area contributed by atoms with Crippen molar-refractivity contribution in [1.29, 1.82) is 0 Å². The molecule has 0 spiro atoms. The zero-order valence-electron chi connectivity index (χ0n) is 17.5. The van der Waals surface area contributed by atoms with Crippen LogP contribution in [0.3, 0.4) is 0 Å². The first-order chi connectivity index (χ1) is 15.1. The number of anilines is 1. The molecule has 156 valence electrons. The van der Waals surface area contributed by atoms with Crippen LogP contribution in [0.15, 0.2) is 88.7 Å². The highest BCUT2D eigenvalue weighted by atomic mass is 32.2. The molecule has 4 rings (SSSR count). The number of hydrogen-bond acceptors (Lipinski definition) is 4. The van der Waals surface area contributed by atoms with Crippen LogP contribution in [0.5, 0.6) is 5.75 Å². The Morgan fingerprint density at radius 1 is 0.806 bits per heavy atom. The highest BCUT2D eigenvalue weighted by Gasteiger charge is 2.40. The number of imide groups is 1. The van der Waals surface area contributed by atoms with Crippen LogP contribution in [0, 0.1) is 0 Å². The third-order valence-electron chi connectivity index (χ3n) is 5.06. The van der Waals surface area contributed by atoms with Gasteiger partial charge in [0.25, 0.3) is 11.8 Å². The van der Waals surface area contributed by atoms with Crippen LogP contribution in [0.25, 0.3) is 5.57 Å². The quantitative estimate of drug-likeness (QED) is 0.450. The minimum atomic E-state index is -0.308. The number of amides is 2. The van der Waals surface area contributed by atoms with Crippen LogP contribution in [0.1, 0.15) is 25.0 Å². The minimum Gasteiger partial charge on any atom is -0.494 e. The Balaban J connectivity index is 1.76. The first-order valence-electron chi connectivity index (χ1n) is 10.3. The van der Waals surface area contributed by atoms with Crippen molar-refractivity contribution in [1.82, 2.24) is 0 Å². The number of carbonyl (C=O) groups excluding carboxylic acids is 2. The van der Waals surface area contributed by atoms with Gasteiger partial charge in [0.05, 0.1) is 22.8 Å². The Morgan fingerprint density at radius 2 is 1.48 bits per heavy atom. The number of nitrogens with zero attached hydrogens (tertiary/aromatic N) is 1. The SMILES string of the molecule is CCOc1ccc(C2=C(Sc3ccccc3)C(=O)N(c3ccc(CC)cc3)C2=O)cc1. The summed E-state index contributed by atoms with van der Waals surface area (Å²) < 4.78 is 5.52. The Hall–Kier alpha value is -3.31. The summed E-state index contributed by atoms with van der Waals surface area (Å²) in [7, 11) is 0. The van der Waals surface area contributed by atoms with Gasteiger partial charge in [0.15, 0.2) is 0 Å². The molecular formula is C26H23NO3S. The van der Waals surface area contributed by atoms with Gasteiger partial charge in [-0.25, -0.2) is 4.90 Å². The molecule has 3 aromatic rings. The Kier molecular flexibility index (Phi) is 6.23. The summed E-state index contributed by atoms with van der Waals surface area (Å²) in [6.07, 6.45) is 0.896. The normalized spacial score (nSPS) is 13.8. The van der Waals surface area contributed by atoms with E-state index < -0.39 is 0 Å². The molecule has 0 radical (unpaired) electrons. The number of thioether (sulfide) groups is 1. The molecule has 0 saturated heterocycles. The lowest BCUT2D eigenvalue weighted by molar-refractivity contribution is -0.119. The first kappa shape index (κ1) is 20.9. The highest BCUT2D eigenvalue weighted by molar-refractivity contribution is 8.04. The van der Waals surface area contributed by atoms with E-state index in [4.69, 9.17) is 4.74 Å². The van der Waals surface area contributed by atoms with Crippen molar-refractivity contribution in [3.63, 3.8) is 0 Å². The van der Waals surface area contributed by atoms with Gasteiger partial charge in [0, 0.05) is 4.90 Å². The van der Waals surface area contributed by atoms with E-state index in [1.807, 2.05) is 85.8 Å². The van der Waals surface area contributed by atoms with Gasteiger partial charge in [-0.2, -0.15) is 0 Å². The molecule has 5 heteroatoms. The Bertz CT molecular complexity index is 1120. The number of rotatable bonds is 7. The van der Waals surface area contributed by atoms with Crippen molar-refractivity contribution in [3.05, 3.63) is 94.9 Å². The molecule has 3 aromatic carbocycles. The molecule has 0 aromatic heterocycles. The molecule has 1 heterocycles. The van der Waals surface area contributed by atoms with Crippen molar-refractivity contribution in [3.8, 4) is 5.75 Å². The van der Waals surface area contributed by atoms with Crippen molar-refractivity contribution >= 4 is 34.8 Å². The molecule has 0 N–H and O–H groups in total. The van der Waals surface area contributed by atoms with Gasteiger partial charge >= 0.3 is 0 Å². The number of benzene rings is 3. The monoisotopic (exact) mass is 429 g/mol. The molecule has 0 bridgehead atoms. The molecule has 0 unspecified atom stereocenters. The summed E-state index contributed by atoms with van der Waals surface area (Å²) in [6, 6.07) is 24.5. The van der Waals surface area contributed by atoms with Gasteiger partial charge < -0.3 is 4.74 Å². The van der Waals surface area contributed by atoms with Crippen molar-refractivity contribution in [2.75, 3.05) is 11.5 Å². The van der Waals surface area contributed by atoms with E-state index in [1.54, 1.807) is 0 Å². The predicted octanol–water partition coefficient (Wildman–Crippen LogP) is 5.72. The second-order valence-electron chi connectivity index (χ2n) is 7.04. The summed E-state index contributed by atoms with van der Waals surface area (Å²) >= 11 is 1.32. The van der Waals surface area contributed by atoms with Crippen LogP contribution in [-0.4, -0.2) is 18.4 Å². The van der Waals surface area contributed by atoms with Crippen molar-refractivity contribution in [2.24, 2.45) is 0 Å². The van der Waals surface area contributed by atoms with E-state index in [1.165, 1.54) is 16.7 Å². The number of aryl methyl sites for hydroxylation is 1. The number of carbonyl (C=O) groups is 2. The van der Waals surface area contributed by atoms with Crippen LogP contribution >= 0.6 is 11.8 Å². The van der Waals surface area contributed by atoms with Crippen LogP contribution < -0.4 is 9.64 Å². The molecule has 1 aliphatic heterocycles. The van der Waals surface area contributed by atoms with Crippen LogP contribution in [-0.2, 0) is 16.0 Å². The maximum atomic E-state index is 13.5. The minimum absolute atomic E-state index is 0.299. The molecule has 4 nitrogen and oxygen atoms in total. The second kappa shape index (κ2) is 9.23. The Labute approximate surface area is 186 Å². The number of ether oxygens (including phenoxy) is 1. The lowest BCUT2D eigenvalue weighted by Crippen LogP contribution is -2.31. The average molecular weight is 430 g/mol. The fourth-order valence-electron chi connectivity index (χ4n) is 3.46. The summed E-state index contributed by atoms with van der Waals surface area (Å²) in [5, 5.41) is 0. The third kappa shape index (κ3) is 4.28. The largest absolute Gasteiger partial charge is 0.494 e. The van der Waals surface area contributed by atoms with E-state index >= 15 is 0 Å². The highest BCUT2D eigenvalue weighted by Crippen LogP contribution is 2.41. The van der Waals surface area contributed by atoms with Crippen molar-refractivity contribution < 1.29 is 14.3 Å². The Morgan fingerprint density at radius 3 is 2.10 bits per heavy atom. The van der Waals surface area contributed by atoms with Gasteiger partial charge in [-0.3, -0.25) is 9.59 Å². The molecule has 1 aliphatic rings. The summed E-state index contributed by atoms with van der Waals surface area (Å²) in [6.45, 7) is 4.56. The fraction of sp³-hybridized carbons (Fsp3) is 0.154. The molecule has 31 heavy (non-hydrogen) atoms. The molecule has 0 saturated carbocycles. The molecular weight excluding hydrogens is 406 g/mol. The topological polar surface area (TPSA) is 46.6 Å². The maximum absolute atomic E-state index is 13.5. The maximum Gasteiger partial charge on any atom is 0.272 e. The molecule has 2 amide bonds. The van der Waals surface area contributed by atoms with Gasteiger partial charge in [0.1, 0.15) is 5.75 Å². The molecule has 0 aliphatic carbocycles. The first-order valence-corrected chi connectivity index (χ1v) is 11.1. The van der Waals surface area contributed by atoms with Gasteiger partial charge in [-0.15, -0.1) is 0 Å². The molecule has 0 fully saturated rings. The predicted molar refractivity (Wildman–Crippen MR) is 125 cm³/mol. The van der Waals surface area contributed by atoms with E-state index in [0.29, 0.717) is 28.3 Å². The van der Waals surface area contributed by atoms with E-state index in [-0.39, 0.29) is 11.8 Å². The van der Waals surface area contributed by atoms with E-state index in [0.717, 1.165) is 22.6 Å². The average Bonchev–Trinajstić information content (AvgIpc) is 3.05. The summed E-state index contributed by atoms with van der Waals surface area (Å²) in [5.41, 5.74) is 2.86. The second-order valence-corrected chi connectivity index (χ2v) is 8.13. The van der Waals surface area contributed by atoms with Gasteiger partial charge in [-0.05, 0) is 60.9 Å². The lowest BCUT2D eigenvalue weighted by Gasteiger charge is -2.15. The summed E-state index contributed by atoms with van der Waals surface area (Å²) in [5.74, 6) is 0.122. The summed E-state index contributed by atoms with van der Waals surface area (Å²) in [4.78, 5) is 29.5.